The largest absolute Gasteiger partial charge is 0.376 e. The smallest absolute Gasteiger partial charge is 0.0971 e. The molecule has 0 amide bonds. The van der Waals surface area contributed by atoms with Crippen molar-refractivity contribution in [2.45, 2.75) is 32.4 Å². The van der Waals surface area contributed by atoms with Crippen LogP contribution < -0.4 is 5.32 Å². The fourth-order valence-corrected chi connectivity index (χ4v) is 1.55. The van der Waals surface area contributed by atoms with Gasteiger partial charge in [0.05, 0.1) is 25.9 Å². The molecule has 80 valence electrons. The predicted octanol–water partition coefficient (Wildman–Crippen LogP) is 0.793. The van der Waals surface area contributed by atoms with Crippen LogP contribution in [0.5, 0.6) is 0 Å². The lowest BCUT2D eigenvalue weighted by molar-refractivity contribution is -0.100. The third-order valence-corrected chi connectivity index (χ3v) is 2.26. The molecular formula is C11H19NO2. The molecule has 0 radical (unpaired) electrons. The van der Waals surface area contributed by atoms with Crippen LogP contribution in [0.4, 0.5) is 0 Å². The van der Waals surface area contributed by atoms with Crippen LogP contribution in [-0.2, 0) is 9.47 Å². The highest BCUT2D eigenvalue weighted by atomic mass is 16.6. The van der Waals surface area contributed by atoms with E-state index in [0.29, 0.717) is 19.3 Å². The zero-order chi connectivity index (χ0) is 10.2. The van der Waals surface area contributed by atoms with E-state index in [1.165, 1.54) is 0 Å². The maximum absolute atomic E-state index is 5.63. The number of nitrogens with one attached hydrogen (secondary N) is 1. The Kier molecular flexibility index (Phi) is 5.62. The monoisotopic (exact) mass is 197 g/mol. The molecule has 3 nitrogen and oxygen atoms in total. The van der Waals surface area contributed by atoms with Crippen LogP contribution >= 0.6 is 0 Å². The van der Waals surface area contributed by atoms with Crippen molar-refractivity contribution in [3.63, 3.8) is 0 Å². The fraction of sp³-hybridized carbons (Fsp3) is 0.818. The first-order chi connectivity index (χ1) is 6.88. The number of hydrogen-bond acceptors (Lipinski definition) is 3. The summed E-state index contributed by atoms with van der Waals surface area (Å²) in [7, 11) is 0. The highest BCUT2D eigenvalue weighted by Crippen LogP contribution is 2.08. The Balaban J connectivity index is 2.40. The van der Waals surface area contributed by atoms with Crippen molar-refractivity contribution in [3.8, 4) is 11.8 Å². The second kappa shape index (κ2) is 6.83. The van der Waals surface area contributed by atoms with Crippen LogP contribution in [0, 0.1) is 11.8 Å². The van der Waals surface area contributed by atoms with Gasteiger partial charge in [0.2, 0.25) is 0 Å². The standard InChI is InChI=1S/C11H19NO2/c1-3-5-6-10(12-4-2)11-9-13-7-8-14-11/h10-12H,4,6-9H2,1-2H3. The van der Waals surface area contributed by atoms with Gasteiger partial charge < -0.3 is 14.8 Å². The average Bonchev–Trinajstić information content (AvgIpc) is 2.25. The molecule has 1 N–H and O–H groups in total. The summed E-state index contributed by atoms with van der Waals surface area (Å²) in [6.45, 7) is 7.00. The van der Waals surface area contributed by atoms with Crippen molar-refractivity contribution >= 4 is 0 Å². The lowest BCUT2D eigenvalue weighted by Crippen LogP contribution is -2.46. The van der Waals surface area contributed by atoms with Crippen molar-refractivity contribution in [1.82, 2.24) is 5.32 Å². The molecule has 1 rings (SSSR count). The third-order valence-electron chi connectivity index (χ3n) is 2.26. The summed E-state index contributed by atoms with van der Waals surface area (Å²) in [6, 6.07) is 0.299. The van der Waals surface area contributed by atoms with Crippen LogP contribution in [0.15, 0.2) is 0 Å². The maximum atomic E-state index is 5.63. The Morgan fingerprint density at radius 3 is 2.93 bits per heavy atom. The van der Waals surface area contributed by atoms with E-state index in [2.05, 4.69) is 24.1 Å². The van der Waals surface area contributed by atoms with Gasteiger partial charge in [-0.1, -0.05) is 6.92 Å². The van der Waals surface area contributed by atoms with E-state index in [4.69, 9.17) is 9.47 Å². The minimum absolute atomic E-state index is 0.157. The topological polar surface area (TPSA) is 30.5 Å². The molecule has 2 unspecified atom stereocenters. The maximum Gasteiger partial charge on any atom is 0.0971 e. The van der Waals surface area contributed by atoms with Gasteiger partial charge >= 0.3 is 0 Å². The van der Waals surface area contributed by atoms with Crippen molar-refractivity contribution in [2.75, 3.05) is 26.4 Å². The molecule has 1 saturated heterocycles. The van der Waals surface area contributed by atoms with Crippen molar-refractivity contribution < 1.29 is 9.47 Å². The van der Waals surface area contributed by atoms with Gasteiger partial charge in [-0.3, -0.25) is 0 Å². The van der Waals surface area contributed by atoms with Gasteiger partial charge in [0.25, 0.3) is 0 Å². The van der Waals surface area contributed by atoms with E-state index in [9.17, 15) is 0 Å². The third kappa shape index (κ3) is 3.67. The molecule has 14 heavy (non-hydrogen) atoms. The molecule has 1 fully saturated rings. The summed E-state index contributed by atoms with van der Waals surface area (Å²) in [4.78, 5) is 0. The zero-order valence-electron chi connectivity index (χ0n) is 9.01. The second-order valence-electron chi connectivity index (χ2n) is 3.28. The molecule has 0 aromatic rings. The zero-order valence-corrected chi connectivity index (χ0v) is 9.01. The van der Waals surface area contributed by atoms with Crippen LogP contribution in [0.2, 0.25) is 0 Å². The van der Waals surface area contributed by atoms with Crippen molar-refractivity contribution in [2.24, 2.45) is 0 Å². The Morgan fingerprint density at radius 1 is 1.50 bits per heavy atom. The molecule has 0 aliphatic carbocycles. The van der Waals surface area contributed by atoms with Crippen molar-refractivity contribution in [3.05, 3.63) is 0 Å². The highest BCUT2D eigenvalue weighted by molar-refractivity contribution is 5.00. The average molecular weight is 197 g/mol. The molecule has 2 atom stereocenters. The Morgan fingerprint density at radius 2 is 2.36 bits per heavy atom. The quantitative estimate of drug-likeness (QED) is 0.676. The molecule has 0 saturated carbocycles. The number of likely N-dealkylation sites (N-methyl/N-ethyl adjacent to an activating group) is 1. The predicted molar refractivity (Wildman–Crippen MR) is 56.1 cm³/mol. The molecule has 0 aromatic heterocycles. The van der Waals surface area contributed by atoms with Gasteiger partial charge in [0.1, 0.15) is 0 Å². The molecule has 1 aliphatic rings. The minimum atomic E-state index is 0.157. The molecule has 3 heteroatoms. The molecule has 0 bridgehead atoms. The summed E-state index contributed by atoms with van der Waals surface area (Å²) in [6.07, 6.45) is 0.989. The summed E-state index contributed by atoms with van der Waals surface area (Å²) in [5, 5.41) is 3.38. The molecule has 1 heterocycles. The lowest BCUT2D eigenvalue weighted by atomic mass is 10.1. The Labute approximate surface area is 86.2 Å². The van der Waals surface area contributed by atoms with Crippen LogP contribution in [-0.4, -0.2) is 38.5 Å². The van der Waals surface area contributed by atoms with Gasteiger partial charge in [-0.15, -0.1) is 11.8 Å². The minimum Gasteiger partial charge on any atom is -0.376 e. The van der Waals surface area contributed by atoms with Gasteiger partial charge in [-0.2, -0.15) is 0 Å². The van der Waals surface area contributed by atoms with Gasteiger partial charge in [-0.05, 0) is 13.5 Å². The first kappa shape index (κ1) is 11.5. The fourth-order valence-electron chi connectivity index (χ4n) is 1.55. The SMILES string of the molecule is CC#CCC(NCC)C1COCCO1. The van der Waals surface area contributed by atoms with E-state index in [1.54, 1.807) is 0 Å². The number of rotatable bonds is 4. The van der Waals surface area contributed by atoms with Gasteiger partial charge in [0.15, 0.2) is 0 Å². The van der Waals surface area contributed by atoms with E-state index in [1.807, 2.05) is 6.92 Å². The van der Waals surface area contributed by atoms with Gasteiger partial charge in [-0.25, -0.2) is 0 Å². The van der Waals surface area contributed by atoms with E-state index >= 15 is 0 Å². The van der Waals surface area contributed by atoms with Crippen LogP contribution in [0.1, 0.15) is 20.3 Å². The van der Waals surface area contributed by atoms with E-state index in [0.717, 1.165) is 19.6 Å². The van der Waals surface area contributed by atoms with Crippen LogP contribution in [0.25, 0.3) is 0 Å². The molecule has 0 aromatic carbocycles. The van der Waals surface area contributed by atoms with E-state index in [-0.39, 0.29) is 6.10 Å². The normalized spacial score (nSPS) is 23.7. The molecule has 0 spiro atoms. The first-order valence-corrected chi connectivity index (χ1v) is 5.20. The second-order valence-corrected chi connectivity index (χ2v) is 3.28. The summed E-state index contributed by atoms with van der Waals surface area (Å²) < 4.78 is 11.0. The van der Waals surface area contributed by atoms with Gasteiger partial charge in [0, 0.05) is 12.5 Å². The summed E-state index contributed by atoms with van der Waals surface area (Å²) in [5.74, 6) is 5.99. The Hall–Kier alpha value is -0.560. The van der Waals surface area contributed by atoms with Crippen molar-refractivity contribution in [1.29, 1.82) is 0 Å². The lowest BCUT2D eigenvalue weighted by Gasteiger charge is -2.29. The summed E-state index contributed by atoms with van der Waals surface area (Å²) in [5.41, 5.74) is 0. The highest BCUT2D eigenvalue weighted by Gasteiger charge is 2.23. The van der Waals surface area contributed by atoms with Crippen LogP contribution in [0.3, 0.4) is 0 Å². The molecule has 1 aliphatic heterocycles. The van der Waals surface area contributed by atoms with E-state index < -0.39 is 0 Å². The molecular weight excluding hydrogens is 178 g/mol. The number of ether oxygens (including phenoxy) is 2. The summed E-state index contributed by atoms with van der Waals surface area (Å²) >= 11 is 0. The first-order valence-electron chi connectivity index (χ1n) is 5.20. The number of hydrogen-bond donors (Lipinski definition) is 1. The Bertz CT molecular complexity index is 201.